The van der Waals surface area contributed by atoms with Crippen LogP contribution in [0, 0.1) is 0 Å². The van der Waals surface area contributed by atoms with Crippen molar-refractivity contribution in [3.63, 3.8) is 0 Å². The molecule has 0 aliphatic carbocycles. The molecule has 0 atom stereocenters. The van der Waals surface area contributed by atoms with Crippen molar-refractivity contribution in [1.82, 2.24) is 4.90 Å². The molecule has 114 valence electrons. The Bertz CT molecular complexity index is 657. The molecule has 0 heterocycles. The highest BCUT2D eigenvalue weighted by Gasteiger charge is 2.03. The van der Waals surface area contributed by atoms with Crippen LogP contribution in [0.4, 0.5) is 0 Å². The summed E-state index contributed by atoms with van der Waals surface area (Å²) in [5, 5.41) is 0. The molecule has 0 aliphatic heterocycles. The predicted octanol–water partition coefficient (Wildman–Crippen LogP) is 3.65. The maximum atomic E-state index is 12.3. The van der Waals surface area contributed by atoms with Gasteiger partial charge >= 0.3 is 0 Å². The number of ether oxygens (including phenoxy) is 1. The van der Waals surface area contributed by atoms with E-state index in [1.807, 2.05) is 68.7 Å². The van der Waals surface area contributed by atoms with Gasteiger partial charge in [-0.1, -0.05) is 36.4 Å². The molecule has 0 saturated carbocycles. The molecular formula is C19H21NO2. The van der Waals surface area contributed by atoms with Crippen LogP contribution in [0.1, 0.15) is 21.5 Å². The molecule has 0 radical (unpaired) electrons. The van der Waals surface area contributed by atoms with Crippen molar-refractivity contribution in [3.8, 4) is 5.75 Å². The van der Waals surface area contributed by atoms with Gasteiger partial charge < -0.3 is 9.64 Å². The Morgan fingerprint density at radius 3 is 2.50 bits per heavy atom. The minimum absolute atomic E-state index is 0.0106. The van der Waals surface area contributed by atoms with Crippen molar-refractivity contribution in [3.05, 3.63) is 71.3 Å². The molecule has 22 heavy (non-hydrogen) atoms. The van der Waals surface area contributed by atoms with Gasteiger partial charge in [0.1, 0.15) is 5.75 Å². The molecule has 2 aromatic rings. The second kappa shape index (κ2) is 7.57. The number of hydrogen-bond acceptors (Lipinski definition) is 3. The van der Waals surface area contributed by atoms with Crippen LogP contribution in [0.15, 0.2) is 54.6 Å². The molecule has 0 aliphatic rings. The average Bonchev–Trinajstić information content (AvgIpc) is 2.52. The molecule has 0 unspecified atom stereocenters. The number of methoxy groups -OCH3 is 1. The summed E-state index contributed by atoms with van der Waals surface area (Å²) in [6, 6.07) is 15.3. The minimum atomic E-state index is 0.0106. The van der Waals surface area contributed by atoms with Crippen molar-refractivity contribution in [2.24, 2.45) is 0 Å². The second-order valence-electron chi connectivity index (χ2n) is 5.41. The minimum Gasteiger partial charge on any atom is -0.497 e. The van der Waals surface area contributed by atoms with Gasteiger partial charge in [-0.25, -0.2) is 0 Å². The predicted molar refractivity (Wildman–Crippen MR) is 90.2 cm³/mol. The van der Waals surface area contributed by atoms with E-state index in [2.05, 4.69) is 4.90 Å². The zero-order chi connectivity index (χ0) is 15.9. The van der Waals surface area contributed by atoms with Crippen LogP contribution < -0.4 is 4.74 Å². The Morgan fingerprint density at radius 1 is 1.14 bits per heavy atom. The van der Waals surface area contributed by atoms with Crippen molar-refractivity contribution in [2.45, 2.75) is 6.54 Å². The van der Waals surface area contributed by atoms with Crippen molar-refractivity contribution in [1.29, 1.82) is 0 Å². The number of benzene rings is 2. The van der Waals surface area contributed by atoms with Crippen LogP contribution >= 0.6 is 0 Å². The summed E-state index contributed by atoms with van der Waals surface area (Å²) in [4.78, 5) is 14.3. The maximum Gasteiger partial charge on any atom is 0.185 e. The topological polar surface area (TPSA) is 29.5 Å². The Kier molecular flexibility index (Phi) is 5.50. The van der Waals surface area contributed by atoms with Crippen molar-refractivity contribution >= 4 is 11.9 Å². The largest absolute Gasteiger partial charge is 0.497 e. The van der Waals surface area contributed by atoms with Gasteiger partial charge in [0.15, 0.2) is 5.78 Å². The molecule has 0 fully saturated rings. The monoisotopic (exact) mass is 295 g/mol. The first kappa shape index (κ1) is 16.0. The van der Waals surface area contributed by atoms with E-state index in [4.69, 9.17) is 4.74 Å². The lowest BCUT2D eigenvalue weighted by molar-refractivity contribution is 0.104. The van der Waals surface area contributed by atoms with Gasteiger partial charge in [-0.15, -0.1) is 0 Å². The zero-order valence-corrected chi connectivity index (χ0v) is 13.2. The van der Waals surface area contributed by atoms with Crippen LogP contribution in [0.3, 0.4) is 0 Å². The Hall–Kier alpha value is -2.39. The first-order valence-corrected chi connectivity index (χ1v) is 7.18. The molecular weight excluding hydrogens is 274 g/mol. The van der Waals surface area contributed by atoms with Crippen LogP contribution in [0.5, 0.6) is 5.75 Å². The van der Waals surface area contributed by atoms with Gasteiger partial charge in [0.2, 0.25) is 0 Å². The number of carbonyl (C=O) groups excluding carboxylic acids is 1. The summed E-state index contributed by atoms with van der Waals surface area (Å²) >= 11 is 0. The molecule has 0 saturated heterocycles. The number of nitrogens with zero attached hydrogens (tertiary/aromatic N) is 1. The average molecular weight is 295 g/mol. The van der Waals surface area contributed by atoms with Gasteiger partial charge in [0, 0.05) is 12.1 Å². The highest BCUT2D eigenvalue weighted by molar-refractivity contribution is 6.06. The summed E-state index contributed by atoms with van der Waals surface area (Å²) in [6.45, 7) is 0.823. The molecule has 0 spiro atoms. The number of allylic oxidation sites excluding steroid dienone is 1. The lowest BCUT2D eigenvalue weighted by atomic mass is 10.1. The molecule has 0 amide bonds. The number of hydrogen-bond donors (Lipinski definition) is 0. The van der Waals surface area contributed by atoms with Crippen molar-refractivity contribution in [2.75, 3.05) is 21.2 Å². The third-order valence-electron chi connectivity index (χ3n) is 3.25. The van der Waals surface area contributed by atoms with Crippen LogP contribution in [0.25, 0.3) is 6.08 Å². The Morgan fingerprint density at radius 2 is 1.86 bits per heavy atom. The normalized spacial score (nSPS) is 11.1. The number of rotatable bonds is 6. The quantitative estimate of drug-likeness (QED) is 0.602. The molecule has 0 bridgehead atoms. The highest BCUT2D eigenvalue weighted by atomic mass is 16.5. The summed E-state index contributed by atoms with van der Waals surface area (Å²) in [5.41, 5.74) is 2.82. The van der Waals surface area contributed by atoms with Gasteiger partial charge in [-0.05, 0) is 49.5 Å². The lowest BCUT2D eigenvalue weighted by Crippen LogP contribution is -2.11. The van der Waals surface area contributed by atoms with Crippen LogP contribution in [-0.2, 0) is 6.54 Å². The fourth-order valence-corrected chi connectivity index (χ4v) is 2.17. The fourth-order valence-electron chi connectivity index (χ4n) is 2.17. The maximum absolute atomic E-state index is 12.3. The lowest BCUT2D eigenvalue weighted by Gasteiger charge is -2.09. The van der Waals surface area contributed by atoms with E-state index in [0.29, 0.717) is 5.56 Å². The SMILES string of the molecule is COc1ccc(C=CC(=O)c2cccc(CN(C)C)c2)cc1. The molecule has 3 heteroatoms. The van der Waals surface area contributed by atoms with Crippen molar-refractivity contribution < 1.29 is 9.53 Å². The summed E-state index contributed by atoms with van der Waals surface area (Å²) < 4.78 is 5.11. The van der Waals surface area contributed by atoms with Crippen LogP contribution in [0.2, 0.25) is 0 Å². The summed E-state index contributed by atoms with van der Waals surface area (Å²) in [7, 11) is 5.66. The number of carbonyl (C=O) groups is 1. The smallest absolute Gasteiger partial charge is 0.185 e. The Balaban J connectivity index is 2.09. The Labute approximate surface area is 131 Å². The molecule has 2 rings (SSSR count). The zero-order valence-electron chi connectivity index (χ0n) is 13.2. The van der Waals surface area contributed by atoms with Gasteiger partial charge in [0.05, 0.1) is 7.11 Å². The van der Waals surface area contributed by atoms with Gasteiger partial charge in [-0.3, -0.25) is 4.79 Å². The van der Waals surface area contributed by atoms with E-state index in [9.17, 15) is 4.79 Å². The van der Waals surface area contributed by atoms with Crippen LogP contribution in [-0.4, -0.2) is 31.9 Å². The molecule has 0 N–H and O–H groups in total. The number of ketones is 1. The van der Waals surface area contributed by atoms with E-state index < -0.39 is 0 Å². The summed E-state index contributed by atoms with van der Waals surface area (Å²) in [5.74, 6) is 0.816. The first-order valence-electron chi connectivity index (χ1n) is 7.18. The van der Waals surface area contributed by atoms with E-state index in [0.717, 1.165) is 23.4 Å². The second-order valence-corrected chi connectivity index (χ2v) is 5.41. The third kappa shape index (κ3) is 4.57. The van der Waals surface area contributed by atoms with Gasteiger partial charge in [0.25, 0.3) is 0 Å². The van der Waals surface area contributed by atoms with E-state index in [1.165, 1.54) is 0 Å². The molecule has 2 aromatic carbocycles. The standard InChI is InChI=1S/C19H21NO2/c1-20(2)14-16-5-4-6-17(13-16)19(21)12-9-15-7-10-18(22-3)11-8-15/h4-13H,14H2,1-3H3. The molecule has 0 aromatic heterocycles. The van der Waals surface area contributed by atoms with E-state index in [1.54, 1.807) is 13.2 Å². The van der Waals surface area contributed by atoms with E-state index >= 15 is 0 Å². The highest BCUT2D eigenvalue weighted by Crippen LogP contribution is 2.13. The summed E-state index contributed by atoms with van der Waals surface area (Å²) in [6.07, 6.45) is 3.43. The third-order valence-corrected chi connectivity index (χ3v) is 3.25. The first-order chi connectivity index (χ1) is 10.6. The fraction of sp³-hybridized carbons (Fsp3) is 0.211. The van der Waals surface area contributed by atoms with Gasteiger partial charge in [-0.2, -0.15) is 0 Å². The molecule has 3 nitrogen and oxygen atoms in total. The van der Waals surface area contributed by atoms with E-state index in [-0.39, 0.29) is 5.78 Å².